The maximum absolute atomic E-state index is 12.4. The van der Waals surface area contributed by atoms with Crippen molar-refractivity contribution >= 4 is 18.7 Å². The van der Waals surface area contributed by atoms with Crippen LogP contribution >= 0.6 is 0 Å². The Morgan fingerprint density at radius 2 is 1.35 bits per heavy atom. The number of Topliss-reactive ketones (excluding diaryl/α,β-unsaturated/α-hetero) is 1. The molecule has 0 amide bonds. The number of likely N-dealkylation sites (N-methyl/N-ethyl adjacent to an activating group) is 1. The number of rotatable bonds is 4. The number of benzene rings is 1. The quantitative estimate of drug-likeness (QED) is 0.362. The highest BCUT2D eigenvalue weighted by Gasteiger charge is 2.30. The van der Waals surface area contributed by atoms with Gasteiger partial charge in [0.2, 0.25) is 0 Å². The summed E-state index contributed by atoms with van der Waals surface area (Å²) in [5.74, 6) is 0.153. The van der Waals surface area contributed by atoms with E-state index in [2.05, 4.69) is 21.1 Å². The third kappa shape index (κ3) is 7.61. The van der Waals surface area contributed by atoms with Crippen molar-refractivity contribution in [1.82, 2.24) is 9.38 Å². The molecular weight excluding hydrogens is 311 g/mol. The number of quaternary nitrogens is 1. The fraction of sp³-hybridized carbons (Fsp3) is 0.533. The minimum absolute atomic E-state index is 0.153. The first-order chi connectivity index (χ1) is 10.1. The van der Waals surface area contributed by atoms with Crippen LogP contribution in [0.3, 0.4) is 0 Å². The molecule has 0 unspecified atom stereocenters. The van der Waals surface area contributed by atoms with Gasteiger partial charge in [-0.2, -0.15) is 0 Å². The summed E-state index contributed by atoms with van der Waals surface area (Å²) in [6, 6.07) is 7.90. The topological polar surface area (TPSA) is 20.3 Å². The van der Waals surface area contributed by atoms with Crippen molar-refractivity contribution in [3.8, 4) is 0 Å². The van der Waals surface area contributed by atoms with Crippen molar-refractivity contribution in [2.75, 3.05) is 35.2 Å². The van der Waals surface area contributed by atoms with Crippen molar-refractivity contribution < 1.29 is 22.1 Å². The van der Waals surface area contributed by atoms with E-state index in [0.717, 1.165) is 10.0 Å². The summed E-state index contributed by atoms with van der Waals surface area (Å²) in [6.45, 7) is 3.89. The Balaban J connectivity index is 0.000000841. The number of ketones is 1. The van der Waals surface area contributed by atoms with E-state index in [0.29, 0.717) is 0 Å². The highest BCUT2D eigenvalue weighted by molar-refractivity contribution is 6.50. The molecule has 0 heterocycles. The van der Waals surface area contributed by atoms with Crippen LogP contribution in [0.2, 0.25) is 0 Å². The Kier molecular flexibility index (Phi) is 6.99. The summed E-state index contributed by atoms with van der Waals surface area (Å²) in [5, 5.41) is 0. The molecule has 8 heteroatoms. The van der Waals surface area contributed by atoms with Crippen molar-refractivity contribution in [2.24, 2.45) is 0 Å². The van der Waals surface area contributed by atoms with Gasteiger partial charge < -0.3 is 17.3 Å². The van der Waals surface area contributed by atoms with Crippen molar-refractivity contribution in [3.63, 3.8) is 0 Å². The second-order valence-electron chi connectivity index (χ2n) is 6.84. The Bertz CT molecular complexity index is 514. The molecule has 0 N–H and O–H groups in total. The van der Waals surface area contributed by atoms with E-state index >= 15 is 0 Å². The van der Waals surface area contributed by atoms with E-state index in [1.165, 1.54) is 5.69 Å². The fourth-order valence-corrected chi connectivity index (χ4v) is 1.62. The molecule has 0 aromatic heterocycles. The molecule has 0 atom stereocenters. The molecule has 1 aromatic rings. The van der Waals surface area contributed by atoms with Crippen LogP contribution in [-0.4, -0.2) is 58.7 Å². The predicted molar refractivity (Wildman–Crippen MR) is 88.3 cm³/mol. The minimum Gasteiger partial charge on any atom is -0.418 e. The second kappa shape index (κ2) is 7.44. The van der Waals surface area contributed by atoms with E-state index in [9.17, 15) is 22.1 Å². The van der Waals surface area contributed by atoms with Gasteiger partial charge in [-0.3, -0.25) is 14.2 Å². The largest absolute Gasteiger partial charge is 0.673 e. The number of hydrogen-bond acceptors (Lipinski definition) is 2. The normalized spacial score (nSPS) is 12.7. The lowest BCUT2D eigenvalue weighted by Crippen LogP contribution is -2.45. The van der Waals surface area contributed by atoms with Crippen LogP contribution in [0.25, 0.3) is 0 Å². The van der Waals surface area contributed by atoms with Gasteiger partial charge in [-0.25, -0.2) is 0 Å². The van der Waals surface area contributed by atoms with Crippen LogP contribution in [0.15, 0.2) is 24.3 Å². The highest BCUT2D eigenvalue weighted by Crippen LogP contribution is 2.22. The van der Waals surface area contributed by atoms with Crippen molar-refractivity contribution in [1.29, 1.82) is 0 Å². The number of halogens is 4. The Hall–Kier alpha value is -1.41. The summed E-state index contributed by atoms with van der Waals surface area (Å²) in [6.07, 6.45) is 0. The molecular formula is C15H25BF4N2O. The zero-order valence-corrected chi connectivity index (χ0v) is 14.7. The van der Waals surface area contributed by atoms with E-state index in [1.54, 1.807) is 0 Å². The van der Waals surface area contributed by atoms with Crippen molar-refractivity contribution in [2.45, 2.75) is 19.4 Å². The van der Waals surface area contributed by atoms with Crippen LogP contribution in [0.4, 0.5) is 23.0 Å². The average Bonchev–Trinajstić information content (AvgIpc) is 2.34. The first kappa shape index (κ1) is 21.6. The molecule has 0 spiro atoms. The molecule has 23 heavy (non-hydrogen) atoms. The van der Waals surface area contributed by atoms with E-state index in [-0.39, 0.29) is 5.78 Å². The molecule has 3 nitrogen and oxygen atoms in total. The molecule has 0 aliphatic heterocycles. The van der Waals surface area contributed by atoms with Gasteiger partial charge in [0.15, 0.2) is 5.78 Å². The van der Waals surface area contributed by atoms with Crippen molar-refractivity contribution in [3.05, 3.63) is 29.8 Å². The molecule has 0 saturated heterocycles. The smallest absolute Gasteiger partial charge is 0.418 e. The van der Waals surface area contributed by atoms with E-state index in [4.69, 9.17) is 0 Å². The molecule has 132 valence electrons. The third-order valence-electron chi connectivity index (χ3n) is 3.58. The lowest BCUT2D eigenvalue weighted by atomic mass is 9.92. The Morgan fingerprint density at radius 1 is 1.00 bits per heavy atom. The van der Waals surface area contributed by atoms with Gasteiger partial charge in [0, 0.05) is 5.56 Å². The van der Waals surface area contributed by atoms with Gasteiger partial charge in [0.25, 0.3) is 0 Å². The highest BCUT2D eigenvalue weighted by atomic mass is 19.5. The summed E-state index contributed by atoms with van der Waals surface area (Å²) >= 11 is 0. The lowest BCUT2D eigenvalue weighted by Gasteiger charge is -2.31. The van der Waals surface area contributed by atoms with Crippen LogP contribution in [0, 0.1) is 0 Å². The van der Waals surface area contributed by atoms with Gasteiger partial charge in [-0.15, -0.1) is 0 Å². The van der Waals surface area contributed by atoms with Gasteiger partial charge in [-0.05, 0) is 52.2 Å². The molecule has 0 bridgehead atoms. The zero-order chi connectivity index (χ0) is 18.6. The summed E-state index contributed by atoms with van der Waals surface area (Å²) < 4.78 is 39.8. The SMILES string of the molecule is CN(C)C(C)(C)C(=O)c1ccc([N+](C)(C)C)cc1.F[B-](F)(F)F. The van der Waals surface area contributed by atoms with Gasteiger partial charge >= 0.3 is 7.25 Å². The van der Waals surface area contributed by atoms with E-state index < -0.39 is 12.8 Å². The maximum Gasteiger partial charge on any atom is 0.673 e. The fourth-order valence-electron chi connectivity index (χ4n) is 1.62. The Labute approximate surface area is 135 Å². The predicted octanol–water partition coefficient (Wildman–Crippen LogP) is 3.71. The van der Waals surface area contributed by atoms with Gasteiger partial charge in [0.1, 0.15) is 5.69 Å². The number of hydrogen-bond donors (Lipinski definition) is 0. The minimum atomic E-state index is -6.00. The standard InChI is InChI=1S/C15H25N2O.BF4/c1-15(2,16(3)4)14(18)12-8-10-13(11-9-12)17(5,6)7;2-1(3,4)5/h8-11H,1-7H3;/q+1;-1. The summed E-state index contributed by atoms with van der Waals surface area (Å²) in [4.78, 5) is 14.4. The second-order valence-corrected chi connectivity index (χ2v) is 6.84. The average molecular weight is 336 g/mol. The number of carbonyl (C=O) groups is 1. The number of carbonyl (C=O) groups excluding carboxylic acids is 1. The molecule has 0 fully saturated rings. The third-order valence-corrected chi connectivity index (χ3v) is 3.58. The summed E-state index contributed by atoms with van der Waals surface area (Å²) in [5.41, 5.74) is 1.48. The van der Waals surface area contributed by atoms with Gasteiger partial charge in [0.05, 0.1) is 26.7 Å². The molecule has 1 rings (SSSR count). The van der Waals surface area contributed by atoms with Crippen LogP contribution in [0.5, 0.6) is 0 Å². The number of nitrogens with zero attached hydrogens (tertiary/aromatic N) is 2. The monoisotopic (exact) mass is 336 g/mol. The first-order valence-electron chi connectivity index (χ1n) is 7.08. The summed E-state index contributed by atoms with van der Waals surface area (Å²) in [7, 11) is 4.19. The van der Waals surface area contributed by atoms with Crippen LogP contribution in [0.1, 0.15) is 24.2 Å². The maximum atomic E-state index is 12.4. The first-order valence-corrected chi connectivity index (χ1v) is 7.08. The molecule has 0 aliphatic carbocycles. The molecule has 0 radical (unpaired) electrons. The van der Waals surface area contributed by atoms with E-state index in [1.807, 2.05) is 57.1 Å². The lowest BCUT2D eigenvalue weighted by molar-refractivity contribution is 0.0755. The van der Waals surface area contributed by atoms with Gasteiger partial charge in [-0.1, -0.05) is 0 Å². The molecule has 0 aliphatic rings. The zero-order valence-electron chi connectivity index (χ0n) is 14.7. The molecule has 1 aromatic carbocycles. The Morgan fingerprint density at radius 3 is 1.61 bits per heavy atom. The van der Waals surface area contributed by atoms with Crippen LogP contribution in [-0.2, 0) is 0 Å². The molecule has 0 saturated carbocycles. The van der Waals surface area contributed by atoms with Crippen LogP contribution < -0.4 is 4.48 Å².